The molecule has 0 fully saturated rings. The van der Waals surface area contributed by atoms with Gasteiger partial charge >= 0.3 is 0 Å². The van der Waals surface area contributed by atoms with Crippen LogP contribution in [-0.4, -0.2) is 30.0 Å². The van der Waals surface area contributed by atoms with E-state index in [9.17, 15) is 0 Å². The summed E-state index contributed by atoms with van der Waals surface area (Å²) < 4.78 is 5.22. The van der Waals surface area contributed by atoms with Crippen LogP contribution in [0.3, 0.4) is 0 Å². The van der Waals surface area contributed by atoms with Crippen LogP contribution in [0.2, 0.25) is 0 Å². The molecule has 0 aliphatic carbocycles. The molecular formula is C11H16O3. The monoisotopic (exact) mass is 196 g/mol. The number of aliphatic hydroxyl groups excluding tert-OH is 2. The molecule has 78 valence electrons. The number of hydrogen-bond donors (Lipinski definition) is 2. The van der Waals surface area contributed by atoms with Crippen molar-refractivity contribution in [3.8, 4) is 5.75 Å². The SMILES string of the molecule is OCCCc1ccc(OCCO)cc1. The maximum Gasteiger partial charge on any atom is 0.119 e. The fraction of sp³-hybridized carbons (Fsp3) is 0.455. The zero-order chi connectivity index (χ0) is 10.2. The van der Waals surface area contributed by atoms with Crippen LogP contribution >= 0.6 is 0 Å². The normalized spacial score (nSPS) is 10.1. The number of hydrogen-bond acceptors (Lipinski definition) is 3. The van der Waals surface area contributed by atoms with Crippen LogP contribution in [0.4, 0.5) is 0 Å². The molecule has 0 aliphatic heterocycles. The second-order valence-corrected chi connectivity index (χ2v) is 3.04. The summed E-state index contributed by atoms with van der Waals surface area (Å²) in [5.41, 5.74) is 1.19. The Morgan fingerprint density at radius 1 is 1.00 bits per heavy atom. The molecule has 1 aromatic carbocycles. The van der Waals surface area contributed by atoms with Crippen LogP contribution < -0.4 is 4.74 Å². The summed E-state index contributed by atoms with van der Waals surface area (Å²) in [5.74, 6) is 0.770. The maximum atomic E-state index is 8.65. The lowest BCUT2D eigenvalue weighted by Crippen LogP contribution is -2.01. The molecular weight excluding hydrogens is 180 g/mol. The van der Waals surface area contributed by atoms with E-state index in [2.05, 4.69) is 0 Å². The first-order valence-electron chi connectivity index (χ1n) is 4.80. The topological polar surface area (TPSA) is 49.7 Å². The van der Waals surface area contributed by atoms with Crippen molar-refractivity contribution in [2.45, 2.75) is 12.8 Å². The van der Waals surface area contributed by atoms with Gasteiger partial charge in [0.1, 0.15) is 12.4 Å². The summed E-state index contributed by atoms with van der Waals surface area (Å²) in [6.45, 7) is 0.588. The van der Waals surface area contributed by atoms with Gasteiger partial charge in [0.2, 0.25) is 0 Å². The summed E-state index contributed by atoms with van der Waals surface area (Å²) in [4.78, 5) is 0. The lowest BCUT2D eigenvalue weighted by Gasteiger charge is -2.05. The average Bonchev–Trinajstić information content (AvgIpc) is 2.25. The van der Waals surface area contributed by atoms with Crippen molar-refractivity contribution >= 4 is 0 Å². The second-order valence-electron chi connectivity index (χ2n) is 3.04. The van der Waals surface area contributed by atoms with Crippen molar-refractivity contribution in [3.05, 3.63) is 29.8 Å². The van der Waals surface area contributed by atoms with Gasteiger partial charge in [0.15, 0.2) is 0 Å². The fourth-order valence-corrected chi connectivity index (χ4v) is 1.20. The molecule has 0 bridgehead atoms. The fourth-order valence-electron chi connectivity index (χ4n) is 1.20. The van der Waals surface area contributed by atoms with E-state index >= 15 is 0 Å². The third kappa shape index (κ3) is 3.77. The van der Waals surface area contributed by atoms with Crippen molar-refractivity contribution < 1.29 is 14.9 Å². The first-order valence-corrected chi connectivity index (χ1v) is 4.80. The van der Waals surface area contributed by atoms with E-state index in [1.807, 2.05) is 24.3 Å². The van der Waals surface area contributed by atoms with E-state index in [1.54, 1.807) is 0 Å². The lowest BCUT2D eigenvalue weighted by atomic mass is 10.1. The molecule has 1 aromatic rings. The van der Waals surface area contributed by atoms with Crippen LogP contribution in [0.15, 0.2) is 24.3 Å². The Bertz CT molecular complexity index is 216. The minimum absolute atomic E-state index is 0.0340. The number of aryl methyl sites for hydroxylation is 1. The zero-order valence-corrected chi connectivity index (χ0v) is 8.15. The molecule has 0 spiro atoms. The van der Waals surface area contributed by atoms with E-state index in [-0.39, 0.29) is 13.2 Å². The number of benzene rings is 1. The molecule has 14 heavy (non-hydrogen) atoms. The van der Waals surface area contributed by atoms with Gasteiger partial charge in [0.25, 0.3) is 0 Å². The van der Waals surface area contributed by atoms with E-state index in [1.165, 1.54) is 5.56 Å². The van der Waals surface area contributed by atoms with E-state index in [0.717, 1.165) is 18.6 Å². The van der Waals surface area contributed by atoms with Gasteiger partial charge in [-0.15, -0.1) is 0 Å². The predicted octanol–water partition coefficient (Wildman–Crippen LogP) is 0.983. The molecule has 0 aromatic heterocycles. The van der Waals surface area contributed by atoms with Gasteiger partial charge in [-0.3, -0.25) is 0 Å². The van der Waals surface area contributed by atoms with Crippen molar-refractivity contribution in [1.29, 1.82) is 0 Å². The third-order valence-electron chi connectivity index (χ3n) is 1.91. The van der Waals surface area contributed by atoms with Crippen LogP contribution in [0.5, 0.6) is 5.75 Å². The van der Waals surface area contributed by atoms with Crippen molar-refractivity contribution in [2.75, 3.05) is 19.8 Å². The highest BCUT2D eigenvalue weighted by Crippen LogP contribution is 2.12. The molecule has 0 amide bonds. The van der Waals surface area contributed by atoms with Gasteiger partial charge in [-0.25, -0.2) is 0 Å². The summed E-state index contributed by atoms with van der Waals surface area (Å²) >= 11 is 0. The molecule has 0 radical (unpaired) electrons. The maximum absolute atomic E-state index is 8.65. The first-order chi connectivity index (χ1) is 6.86. The molecule has 3 nitrogen and oxygen atoms in total. The Morgan fingerprint density at radius 2 is 1.71 bits per heavy atom. The standard InChI is InChI=1S/C11H16O3/c12-7-1-2-10-3-5-11(6-4-10)14-9-8-13/h3-6,12-13H,1-2,7-9H2. The van der Waals surface area contributed by atoms with Crippen LogP contribution in [0.25, 0.3) is 0 Å². The Hall–Kier alpha value is -1.06. The lowest BCUT2D eigenvalue weighted by molar-refractivity contribution is 0.201. The van der Waals surface area contributed by atoms with Gasteiger partial charge < -0.3 is 14.9 Å². The van der Waals surface area contributed by atoms with E-state index in [4.69, 9.17) is 14.9 Å². The number of aliphatic hydroxyl groups is 2. The van der Waals surface area contributed by atoms with Crippen LogP contribution in [0.1, 0.15) is 12.0 Å². The van der Waals surface area contributed by atoms with Gasteiger partial charge in [-0.05, 0) is 30.5 Å². The molecule has 1 rings (SSSR count). The highest BCUT2D eigenvalue weighted by Gasteiger charge is 1.95. The molecule has 0 unspecified atom stereocenters. The Morgan fingerprint density at radius 3 is 2.29 bits per heavy atom. The number of rotatable bonds is 6. The molecule has 3 heteroatoms. The Kier molecular flexibility index (Phi) is 5.04. The largest absolute Gasteiger partial charge is 0.491 e. The smallest absolute Gasteiger partial charge is 0.119 e. The molecule has 2 N–H and O–H groups in total. The molecule has 0 saturated carbocycles. The first kappa shape index (κ1) is 11.0. The predicted molar refractivity (Wildman–Crippen MR) is 54.4 cm³/mol. The van der Waals surface area contributed by atoms with E-state index < -0.39 is 0 Å². The summed E-state index contributed by atoms with van der Waals surface area (Å²) in [5, 5.41) is 17.2. The molecule has 0 atom stereocenters. The van der Waals surface area contributed by atoms with Gasteiger partial charge in [-0.1, -0.05) is 12.1 Å². The molecule has 0 aliphatic rings. The van der Waals surface area contributed by atoms with Crippen molar-refractivity contribution in [3.63, 3.8) is 0 Å². The number of ether oxygens (including phenoxy) is 1. The van der Waals surface area contributed by atoms with Crippen LogP contribution in [-0.2, 0) is 6.42 Å². The Balaban J connectivity index is 2.42. The molecule has 0 saturated heterocycles. The average molecular weight is 196 g/mol. The minimum atomic E-state index is 0.0340. The third-order valence-corrected chi connectivity index (χ3v) is 1.91. The summed E-state index contributed by atoms with van der Waals surface area (Å²) in [6, 6.07) is 7.70. The second kappa shape index (κ2) is 6.40. The Labute approximate surface area is 84.0 Å². The highest BCUT2D eigenvalue weighted by molar-refractivity contribution is 5.27. The quantitative estimate of drug-likeness (QED) is 0.713. The summed E-state index contributed by atoms with van der Waals surface area (Å²) in [6.07, 6.45) is 1.67. The van der Waals surface area contributed by atoms with Crippen molar-refractivity contribution in [1.82, 2.24) is 0 Å². The van der Waals surface area contributed by atoms with Gasteiger partial charge in [0.05, 0.1) is 6.61 Å². The van der Waals surface area contributed by atoms with E-state index in [0.29, 0.717) is 6.61 Å². The van der Waals surface area contributed by atoms with Gasteiger partial charge in [-0.2, -0.15) is 0 Å². The molecule has 0 heterocycles. The highest BCUT2D eigenvalue weighted by atomic mass is 16.5. The summed E-state index contributed by atoms with van der Waals surface area (Å²) in [7, 11) is 0. The van der Waals surface area contributed by atoms with Crippen LogP contribution in [0, 0.1) is 0 Å². The van der Waals surface area contributed by atoms with Crippen molar-refractivity contribution in [2.24, 2.45) is 0 Å². The zero-order valence-electron chi connectivity index (χ0n) is 8.15. The van der Waals surface area contributed by atoms with Gasteiger partial charge in [0, 0.05) is 6.61 Å². The minimum Gasteiger partial charge on any atom is -0.491 e.